The van der Waals surface area contributed by atoms with E-state index < -0.39 is 11.7 Å². The number of benzene rings is 2. The summed E-state index contributed by atoms with van der Waals surface area (Å²) in [5.74, 6) is -0.203. The van der Waals surface area contributed by atoms with Gasteiger partial charge in [-0.05, 0) is 42.2 Å². The van der Waals surface area contributed by atoms with Crippen LogP contribution in [0.4, 0.5) is 13.2 Å². The first kappa shape index (κ1) is 20.4. The van der Waals surface area contributed by atoms with Gasteiger partial charge >= 0.3 is 6.18 Å². The molecule has 2 aromatic rings. The van der Waals surface area contributed by atoms with E-state index in [1.165, 1.54) is 12.1 Å². The quantitative estimate of drug-likeness (QED) is 0.821. The van der Waals surface area contributed by atoms with E-state index >= 15 is 0 Å². The molecule has 0 radical (unpaired) electrons. The van der Waals surface area contributed by atoms with Crippen LogP contribution in [-0.2, 0) is 6.18 Å². The number of hydrogen-bond donors (Lipinski definition) is 2. The van der Waals surface area contributed by atoms with Gasteiger partial charge in [-0.15, -0.1) is 0 Å². The molecule has 0 aromatic heterocycles. The van der Waals surface area contributed by atoms with Gasteiger partial charge in [0.2, 0.25) is 0 Å². The number of halogens is 3. The van der Waals surface area contributed by atoms with Gasteiger partial charge in [-0.2, -0.15) is 13.2 Å². The Morgan fingerprint density at radius 1 is 1.07 bits per heavy atom. The molecule has 0 saturated carbocycles. The molecule has 7 heteroatoms. The molecule has 1 heterocycles. The number of alkyl halides is 3. The maximum Gasteiger partial charge on any atom is 0.416 e. The van der Waals surface area contributed by atoms with Crippen molar-refractivity contribution in [3.05, 3.63) is 71.3 Å². The molecule has 0 spiro atoms. The van der Waals surface area contributed by atoms with Crippen LogP contribution >= 0.6 is 0 Å². The largest absolute Gasteiger partial charge is 0.416 e. The SMILES string of the molecule is O=C(NC1CC(c2ccc(C(F)(F)F)cc2)CN(CCO)C1)c1ccccc1. The average molecular weight is 392 g/mol. The summed E-state index contributed by atoms with van der Waals surface area (Å²) in [7, 11) is 0. The molecular formula is C21H23F3N2O2. The van der Waals surface area contributed by atoms with Crippen LogP contribution in [0.15, 0.2) is 54.6 Å². The molecule has 1 aliphatic heterocycles. The van der Waals surface area contributed by atoms with Gasteiger partial charge in [0.05, 0.1) is 12.2 Å². The van der Waals surface area contributed by atoms with Crippen molar-refractivity contribution in [2.24, 2.45) is 0 Å². The number of piperidine rings is 1. The summed E-state index contributed by atoms with van der Waals surface area (Å²) < 4.78 is 38.4. The Hall–Kier alpha value is -2.38. The monoisotopic (exact) mass is 392 g/mol. The van der Waals surface area contributed by atoms with Gasteiger partial charge in [0.1, 0.15) is 0 Å². The Morgan fingerprint density at radius 2 is 1.75 bits per heavy atom. The van der Waals surface area contributed by atoms with Crippen molar-refractivity contribution in [1.29, 1.82) is 0 Å². The Morgan fingerprint density at radius 3 is 2.36 bits per heavy atom. The Kier molecular flexibility index (Phi) is 6.36. The molecule has 2 N–H and O–H groups in total. The second-order valence-electron chi connectivity index (χ2n) is 7.07. The standard InChI is InChI=1S/C21H23F3N2O2/c22-21(23,24)18-8-6-15(7-9-18)17-12-19(14-26(13-17)10-11-27)25-20(28)16-4-2-1-3-5-16/h1-9,17,19,27H,10-14H2,(H,25,28). The predicted octanol–water partition coefficient (Wildman–Crippen LogP) is 3.29. The van der Waals surface area contributed by atoms with Crippen molar-refractivity contribution >= 4 is 5.91 Å². The van der Waals surface area contributed by atoms with Crippen LogP contribution in [0, 0.1) is 0 Å². The predicted molar refractivity (Wildman–Crippen MR) is 100 cm³/mol. The smallest absolute Gasteiger partial charge is 0.395 e. The van der Waals surface area contributed by atoms with E-state index in [1.807, 2.05) is 11.0 Å². The van der Waals surface area contributed by atoms with Gasteiger partial charge in [-0.25, -0.2) is 0 Å². The van der Waals surface area contributed by atoms with Gasteiger partial charge in [0, 0.05) is 31.2 Å². The number of amides is 1. The first-order chi connectivity index (χ1) is 13.4. The number of aliphatic hydroxyl groups excluding tert-OH is 1. The van der Waals surface area contributed by atoms with Crippen LogP contribution in [0.3, 0.4) is 0 Å². The van der Waals surface area contributed by atoms with Crippen molar-refractivity contribution in [2.45, 2.75) is 24.6 Å². The van der Waals surface area contributed by atoms with Crippen LogP contribution in [0.25, 0.3) is 0 Å². The topological polar surface area (TPSA) is 52.6 Å². The maximum absolute atomic E-state index is 12.8. The molecule has 1 amide bonds. The number of likely N-dealkylation sites (tertiary alicyclic amines) is 1. The number of carbonyl (C=O) groups is 1. The summed E-state index contributed by atoms with van der Waals surface area (Å²) in [4.78, 5) is 14.5. The van der Waals surface area contributed by atoms with Crippen molar-refractivity contribution in [3.63, 3.8) is 0 Å². The summed E-state index contributed by atoms with van der Waals surface area (Å²) >= 11 is 0. The third-order valence-corrected chi connectivity index (χ3v) is 5.02. The fourth-order valence-corrected chi connectivity index (χ4v) is 3.66. The van der Waals surface area contributed by atoms with Gasteiger partial charge in [-0.1, -0.05) is 30.3 Å². The summed E-state index contributed by atoms with van der Waals surface area (Å²) in [5, 5.41) is 12.3. The number of aliphatic hydroxyl groups is 1. The number of rotatable bonds is 5. The van der Waals surface area contributed by atoms with Crippen molar-refractivity contribution in [1.82, 2.24) is 10.2 Å². The van der Waals surface area contributed by atoms with Crippen LogP contribution in [-0.4, -0.2) is 48.2 Å². The molecular weight excluding hydrogens is 369 g/mol. The molecule has 0 aliphatic carbocycles. The number of hydrogen-bond acceptors (Lipinski definition) is 3. The van der Waals surface area contributed by atoms with Crippen molar-refractivity contribution < 1.29 is 23.1 Å². The second kappa shape index (κ2) is 8.75. The van der Waals surface area contributed by atoms with Gasteiger partial charge in [0.25, 0.3) is 5.91 Å². The molecule has 1 saturated heterocycles. The summed E-state index contributed by atoms with van der Waals surface area (Å²) in [5.41, 5.74) is 0.690. The minimum absolute atomic E-state index is 0.0148. The molecule has 1 fully saturated rings. The summed E-state index contributed by atoms with van der Waals surface area (Å²) in [6, 6.07) is 13.9. The Bertz CT molecular complexity index is 778. The molecule has 1 aliphatic rings. The minimum Gasteiger partial charge on any atom is -0.395 e. The highest BCUT2D eigenvalue weighted by atomic mass is 19.4. The van der Waals surface area contributed by atoms with E-state index in [0.29, 0.717) is 31.6 Å². The van der Waals surface area contributed by atoms with Gasteiger partial charge in [0.15, 0.2) is 0 Å². The summed E-state index contributed by atoms with van der Waals surface area (Å²) in [6.45, 7) is 1.66. The lowest BCUT2D eigenvalue weighted by Gasteiger charge is -2.38. The van der Waals surface area contributed by atoms with E-state index in [0.717, 1.165) is 17.7 Å². The third-order valence-electron chi connectivity index (χ3n) is 5.02. The van der Waals surface area contributed by atoms with E-state index in [2.05, 4.69) is 5.32 Å². The maximum atomic E-state index is 12.8. The number of nitrogens with one attached hydrogen (secondary N) is 1. The lowest BCUT2D eigenvalue weighted by molar-refractivity contribution is -0.137. The molecule has 28 heavy (non-hydrogen) atoms. The number of nitrogens with zero attached hydrogens (tertiary/aromatic N) is 1. The van der Waals surface area contributed by atoms with Crippen LogP contribution in [0.1, 0.15) is 33.8 Å². The number of β-amino-alcohol motifs (C(OH)–C–C–N with tert-alkyl or cyclic N) is 1. The zero-order valence-electron chi connectivity index (χ0n) is 15.3. The molecule has 0 bridgehead atoms. The highest BCUT2D eigenvalue weighted by Gasteiger charge is 2.32. The average Bonchev–Trinajstić information content (AvgIpc) is 2.68. The van der Waals surface area contributed by atoms with E-state index in [1.54, 1.807) is 24.3 Å². The van der Waals surface area contributed by atoms with Crippen LogP contribution < -0.4 is 5.32 Å². The van der Waals surface area contributed by atoms with Crippen molar-refractivity contribution in [3.8, 4) is 0 Å². The lowest BCUT2D eigenvalue weighted by atomic mass is 9.87. The fraction of sp³-hybridized carbons (Fsp3) is 0.381. The van der Waals surface area contributed by atoms with Gasteiger partial charge in [-0.3, -0.25) is 9.69 Å². The Labute approximate surface area is 162 Å². The molecule has 2 atom stereocenters. The highest BCUT2D eigenvalue weighted by Crippen LogP contribution is 2.32. The Balaban J connectivity index is 1.73. The molecule has 4 nitrogen and oxygen atoms in total. The number of carbonyl (C=O) groups excluding carboxylic acids is 1. The first-order valence-corrected chi connectivity index (χ1v) is 9.23. The fourth-order valence-electron chi connectivity index (χ4n) is 3.66. The lowest BCUT2D eigenvalue weighted by Crippen LogP contribution is -2.50. The minimum atomic E-state index is -4.36. The van der Waals surface area contributed by atoms with Crippen molar-refractivity contribution in [2.75, 3.05) is 26.2 Å². The van der Waals surface area contributed by atoms with E-state index in [9.17, 15) is 23.1 Å². The third kappa shape index (κ3) is 5.11. The molecule has 2 unspecified atom stereocenters. The normalized spacial score (nSPS) is 20.7. The molecule has 2 aromatic carbocycles. The van der Waals surface area contributed by atoms with Crippen LogP contribution in [0.5, 0.6) is 0 Å². The zero-order valence-corrected chi connectivity index (χ0v) is 15.3. The molecule has 150 valence electrons. The highest BCUT2D eigenvalue weighted by molar-refractivity contribution is 5.94. The zero-order chi connectivity index (χ0) is 20.1. The second-order valence-corrected chi connectivity index (χ2v) is 7.07. The first-order valence-electron chi connectivity index (χ1n) is 9.23. The molecule has 3 rings (SSSR count). The van der Waals surface area contributed by atoms with Crippen LogP contribution in [0.2, 0.25) is 0 Å². The van der Waals surface area contributed by atoms with E-state index in [4.69, 9.17) is 0 Å². The van der Waals surface area contributed by atoms with Gasteiger partial charge < -0.3 is 10.4 Å². The van der Waals surface area contributed by atoms with E-state index in [-0.39, 0.29) is 24.5 Å². The summed E-state index contributed by atoms with van der Waals surface area (Å²) in [6.07, 6.45) is -3.73.